The molecule has 1 aliphatic carbocycles. The van der Waals surface area contributed by atoms with Gasteiger partial charge in [0.1, 0.15) is 23.3 Å². The lowest BCUT2D eigenvalue weighted by Crippen LogP contribution is -2.45. The van der Waals surface area contributed by atoms with Crippen LogP contribution in [0.5, 0.6) is 0 Å². The zero-order valence-electron chi connectivity index (χ0n) is 19.2. The number of amides is 1. The molecule has 0 bridgehead atoms. The maximum atomic E-state index is 15.3. The standard InChI is InChI=1S/C24H23ClFN5O4S/c25-15-3-1-14(2-4-15)11-31-19-9-16(17(26)10-20(19)36(33)12-18(27)22(31)32)21-28-23(35-29-21)30-7-8-34-24(13-30)5-6-24/h1-4,9-10,18H,5-8,11-13,27H2/t18-,36?/m0/s1. The van der Waals surface area contributed by atoms with Crippen LogP contribution in [0.1, 0.15) is 18.4 Å². The van der Waals surface area contributed by atoms with Crippen molar-refractivity contribution in [1.29, 1.82) is 0 Å². The van der Waals surface area contributed by atoms with Gasteiger partial charge in [-0.2, -0.15) is 4.98 Å². The Hall–Kier alpha value is -2.70. The molecule has 1 amide bonds. The van der Waals surface area contributed by atoms with E-state index in [0.29, 0.717) is 30.4 Å². The van der Waals surface area contributed by atoms with Crippen LogP contribution in [-0.2, 0) is 27.3 Å². The van der Waals surface area contributed by atoms with E-state index in [1.54, 1.807) is 24.3 Å². The number of rotatable bonds is 4. The topological polar surface area (TPSA) is 121 Å². The zero-order chi connectivity index (χ0) is 25.0. The lowest BCUT2D eigenvalue weighted by molar-refractivity contribution is -0.119. The smallest absolute Gasteiger partial charge is 0.324 e. The predicted octanol–water partition coefficient (Wildman–Crippen LogP) is 2.88. The molecule has 2 N–H and O–H groups in total. The SMILES string of the molecule is N[C@H]1C[S+]([O-])c2cc(F)c(-c3noc(N4CCOC5(CC5)C4)n3)cc2N(Cc2ccc(Cl)cc2)C1=O. The fourth-order valence-electron chi connectivity index (χ4n) is 4.59. The molecule has 1 spiro atoms. The van der Waals surface area contributed by atoms with Gasteiger partial charge in [0.15, 0.2) is 4.90 Å². The molecule has 3 heterocycles. The van der Waals surface area contributed by atoms with Crippen molar-refractivity contribution >= 4 is 40.4 Å². The van der Waals surface area contributed by atoms with Crippen molar-refractivity contribution < 1.29 is 23.0 Å². The molecule has 2 aliphatic heterocycles. The lowest BCUT2D eigenvalue weighted by Gasteiger charge is -2.31. The predicted molar refractivity (Wildman–Crippen MR) is 132 cm³/mol. The second-order valence-electron chi connectivity index (χ2n) is 9.32. The normalized spacial score (nSPS) is 23.1. The van der Waals surface area contributed by atoms with Gasteiger partial charge in [0.25, 0.3) is 0 Å². The quantitative estimate of drug-likeness (QED) is 0.510. The van der Waals surface area contributed by atoms with Crippen molar-refractivity contribution in [3.63, 3.8) is 0 Å². The molecule has 2 fully saturated rings. The molecule has 1 aromatic heterocycles. The first-order valence-electron chi connectivity index (χ1n) is 11.6. The van der Waals surface area contributed by atoms with E-state index in [9.17, 15) is 9.35 Å². The van der Waals surface area contributed by atoms with Crippen molar-refractivity contribution in [3.05, 3.63) is 52.8 Å². The van der Waals surface area contributed by atoms with Crippen LogP contribution in [0.3, 0.4) is 0 Å². The summed E-state index contributed by atoms with van der Waals surface area (Å²) in [6, 6.07) is 8.91. The van der Waals surface area contributed by atoms with Gasteiger partial charge in [-0.05, 0) is 47.8 Å². The maximum absolute atomic E-state index is 15.3. The molecule has 3 aliphatic rings. The monoisotopic (exact) mass is 531 g/mol. The average molecular weight is 532 g/mol. The van der Waals surface area contributed by atoms with E-state index in [1.807, 2.05) is 4.90 Å². The van der Waals surface area contributed by atoms with Gasteiger partial charge in [-0.3, -0.25) is 4.79 Å². The van der Waals surface area contributed by atoms with Crippen LogP contribution in [0.4, 0.5) is 16.1 Å². The van der Waals surface area contributed by atoms with Gasteiger partial charge >= 0.3 is 6.01 Å². The summed E-state index contributed by atoms with van der Waals surface area (Å²) in [6.45, 7) is 1.93. The number of fused-ring (bicyclic) bond motifs is 1. The lowest BCUT2D eigenvalue weighted by atomic mass is 10.1. The number of anilines is 2. The number of benzene rings is 2. The number of morpholine rings is 1. The molecule has 1 unspecified atom stereocenters. The van der Waals surface area contributed by atoms with Gasteiger partial charge < -0.3 is 29.3 Å². The zero-order valence-corrected chi connectivity index (χ0v) is 20.7. The number of nitrogens with zero attached hydrogens (tertiary/aromatic N) is 4. The highest BCUT2D eigenvalue weighted by Crippen LogP contribution is 2.43. The number of carbonyl (C=O) groups is 1. The fourth-order valence-corrected chi connectivity index (χ4v) is 6.00. The molecule has 188 valence electrons. The molecule has 6 rings (SSSR count). The number of hydrogen-bond acceptors (Lipinski definition) is 8. The highest BCUT2D eigenvalue weighted by Gasteiger charge is 2.48. The molecule has 1 saturated heterocycles. The molecule has 9 nitrogen and oxygen atoms in total. The van der Waals surface area contributed by atoms with Gasteiger partial charge in [0.05, 0.1) is 30.9 Å². The first kappa shape index (κ1) is 23.7. The van der Waals surface area contributed by atoms with Crippen LogP contribution < -0.4 is 15.5 Å². The Morgan fingerprint density at radius 2 is 2.06 bits per heavy atom. The van der Waals surface area contributed by atoms with Gasteiger partial charge in [-0.15, -0.1) is 0 Å². The fraction of sp³-hybridized carbons (Fsp3) is 0.375. The minimum absolute atomic E-state index is 0.0412. The van der Waals surface area contributed by atoms with Gasteiger partial charge in [-0.25, -0.2) is 4.39 Å². The van der Waals surface area contributed by atoms with E-state index < -0.39 is 28.9 Å². The number of aromatic nitrogens is 2. The number of ether oxygens (including phenoxy) is 1. The number of hydrogen-bond donors (Lipinski definition) is 1. The molecule has 1 saturated carbocycles. The van der Waals surface area contributed by atoms with Gasteiger partial charge in [-0.1, -0.05) is 28.9 Å². The third kappa shape index (κ3) is 4.35. The first-order chi connectivity index (χ1) is 17.3. The van der Waals surface area contributed by atoms with E-state index >= 15 is 4.39 Å². The Morgan fingerprint density at radius 3 is 2.81 bits per heavy atom. The molecule has 2 atom stereocenters. The van der Waals surface area contributed by atoms with Crippen LogP contribution in [0.15, 0.2) is 45.8 Å². The third-order valence-corrected chi connectivity index (χ3v) is 8.47. The number of nitrogens with two attached hydrogens (primary N) is 1. The second-order valence-corrected chi connectivity index (χ2v) is 11.2. The summed E-state index contributed by atoms with van der Waals surface area (Å²) in [4.78, 5) is 21.2. The minimum Gasteiger partial charge on any atom is -0.611 e. The highest BCUT2D eigenvalue weighted by atomic mass is 35.5. The first-order valence-corrected chi connectivity index (χ1v) is 13.3. The van der Waals surface area contributed by atoms with Gasteiger partial charge in [0.2, 0.25) is 11.7 Å². The van der Waals surface area contributed by atoms with Crippen LogP contribution in [0, 0.1) is 5.82 Å². The summed E-state index contributed by atoms with van der Waals surface area (Å²) >= 11 is 4.32. The van der Waals surface area contributed by atoms with Crippen LogP contribution in [0.2, 0.25) is 5.02 Å². The van der Waals surface area contributed by atoms with Crippen molar-refractivity contribution in [2.45, 2.75) is 35.9 Å². The van der Waals surface area contributed by atoms with E-state index in [1.165, 1.54) is 17.0 Å². The van der Waals surface area contributed by atoms with E-state index in [0.717, 1.165) is 18.4 Å². The Balaban J connectivity index is 1.37. The summed E-state index contributed by atoms with van der Waals surface area (Å²) in [6.07, 6.45) is 1.97. The summed E-state index contributed by atoms with van der Waals surface area (Å²) in [5, 5.41) is 4.57. The van der Waals surface area contributed by atoms with E-state index in [2.05, 4.69) is 10.1 Å². The number of halogens is 2. The Bertz CT molecular complexity index is 1320. The van der Waals surface area contributed by atoms with Crippen molar-refractivity contribution in [1.82, 2.24) is 10.1 Å². The van der Waals surface area contributed by atoms with E-state index in [4.69, 9.17) is 26.6 Å². The summed E-state index contributed by atoms with van der Waals surface area (Å²) < 4.78 is 39.6. The second kappa shape index (κ2) is 9.00. The average Bonchev–Trinajstić information content (AvgIpc) is 3.43. The molecule has 2 aromatic carbocycles. The third-order valence-electron chi connectivity index (χ3n) is 6.74. The van der Waals surface area contributed by atoms with E-state index in [-0.39, 0.29) is 40.2 Å². The Labute approximate surface area is 214 Å². The molecule has 0 radical (unpaired) electrons. The summed E-state index contributed by atoms with van der Waals surface area (Å²) in [5.74, 6) is -1.14. The van der Waals surface area contributed by atoms with Crippen LogP contribution in [-0.4, -0.2) is 57.7 Å². The number of carbonyl (C=O) groups excluding carboxylic acids is 1. The maximum Gasteiger partial charge on any atom is 0.324 e. The molecular weight excluding hydrogens is 509 g/mol. The highest BCUT2D eigenvalue weighted by molar-refractivity contribution is 7.91. The molecule has 3 aromatic rings. The van der Waals surface area contributed by atoms with Crippen molar-refractivity contribution in [2.24, 2.45) is 5.73 Å². The summed E-state index contributed by atoms with van der Waals surface area (Å²) in [7, 11) is 0. The van der Waals surface area contributed by atoms with Crippen LogP contribution in [0.25, 0.3) is 11.4 Å². The summed E-state index contributed by atoms with van der Waals surface area (Å²) in [5.41, 5.74) is 7.04. The van der Waals surface area contributed by atoms with Crippen molar-refractivity contribution in [2.75, 3.05) is 35.2 Å². The van der Waals surface area contributed by atoms with Crippen molar-refractivity contribution in [3.8, 4) is 11.4 Å². The largest absolute Gasteiger partial charge is 0.611 e. The Morgan fingerprint density at radius 1 is 1.28 bits per heavy atom. The minimum atomic E-state index is -1.68. The molecule has 12 heteroatoms. The van der Waals surface area contributed by atoms with Crippen LogP contribution >= 0.6 is 11.6 Å². The Kier molecular flexibility index (Phi) is 5.92. The molecular formula is C24H23ClFN5O4S. The molecule has 36 heavy (non-hydrogen) atoms. The van der Waals surface area contributed by atoms with Gasteiger partial charge in [0, 0.05) is 17.6 Å².